The van der Waals surface area contributed by atoms with Gasteiger partial charge in [-0.3, -0.25) is 9.10 Å². The lowest BCUT2D eigenvalue weighted by Crippen LogP contribution is -2.42. The molecule has 0 fully saturated rings. The minimum absolute atomic E-state index is 0.224. The number of rotatable bonds is 9. The molecule has 0 aliphatic rings. The minimum Gasteiger partial charge on any atom is -0.497 e. The van der Waals surface area contributed by atoms with E-state index in [1.54, 1.807) is 12.1 Å². The average Bonchev–Trinajstić information content (AvgIpc) is 2.81. The first-order valence-corrected chi connectivity index (χ1v) is 12.2. The molecule has 0 radical (unpaired) electrons. The van der Waals surface area contributed by atoms with E-state index in [1.165, 1.54) is 20.3 Å². The summed E-state index contributed by atoms with van der Waals surface area (Å²) >= 11 is 0. The van der Waals surface area contributed by atoms with Gasteiger partial charge in [0.1, 0.15) is 18.0 Å². The van der Waals surface area contributed by atoms with Crippen LogP contribution in [-0.4, -0.2) is 41.3 Å². The molecule has 33 heavy (non-hydrogen) atoms. The number of amides is 1. The van der Waals surface area contributed by atoms with E-state index in [-0.39, 0.29) is 5.69 Å². The SMILES string of the molecule is COc1ccc(OC)c(N(CC(=O)N[C@H](c2ccccc2)c2ccccc2C)S(C)(=O)=O)c1. The lowest BCUT2D eigenvalue weighted by Gasteiger charge is -2.26. The fraction of sp³-hybridized carbons (Fsp3) is 0.240. The van der Waals surface area contributed by atoms with Crippen LogP contribution in [0.4, 0.5) is 5.69 Å². The molecule has 0 aromatic heterocycles. The number of benzene rings is 3. The van der Waals surface area contributed by atoms with E-state index in [4.69, 9.17) is 9.47 Å². The quantitative estimate of drug-likeness (QED) is 0.518. The Hall–Kier alpha value is -3.52. The van der Waals surface area contributed by atoms with Crippen LogP contribution in [0.15, 0.2) is 72.8 Å². The van der Waals surface area contributed by atoms with E-state index in [1.807, 2.05) is 61.5 Å². The molecule has 0 spiro atoms. The van der Waals surface area contributed by atoms with Crippen molar-refractivity contribution in [3.05, 3.63) is 89.5 Å². The molecule has 1 amide bonds. The third-order valence-corrected chi connectivity index (χ3v) is 6.41. The number of nitrogens with one attached hydrogen (secondary N) is 1. The van der Waals surface area contributed by atoms with E-state index < -0.39 is 28.5 Å². The van der Waals surface area contributed by atoms with E-state index in [0.717, 1.165) is 27.3 Å². The summed E-state index contributed by atoms with van der Waals surface area (Å²) in [7, 11) is -0.885. The highest BCUT2D eigenvalue weighted by Crippen LogP contribution is 2.34. The molecule has 0 saturated heterocycles. The first kappa shape index (κ1) is 24.1. The van der Waals surface area contributed by atoms with Gasteiger partial charge in [0.2, 0.25) is 15.9 Å². The fourth-order valence-electron chi connectivity index (χ4n) is 3.61. The number of ether oxygens (including phenoxy) is 2. The summed E-state index contributed by atoms with van der Waals surface area (Å²) in [5.74, 6) is 0.303. The highest BCUT2D eigenvalue weighted by atomic mass is 32.2. The molecule has 3 rings (SSSR count). The zero-order chi connectivity index (χ0) is 24.0. The lowest BCUT2D eigenvalue weighted by molar-refractivity contribution is -0.120. The summed E-state index contributed by atoms with van der Waals surface area (Å²) in [5, 5.41) is 3.01. The maximum atomic E-state index is 13.2. The van der Waals surface area contributed by atoms with E-state index in [9.17, 15) is 13.2 Å². The van der Waals surface area contributed by atoms with Crippen LogP contribution < -0.4 is 19.1 Å². The molecule has 1 N–H and O–H groups in total. The van der Waals surface area contributed by atoms with Crippen molar-refractivity contribution in [2.75, 3.05) is 31.3 Å². The van der Waals surface area contributed by atoms with Gasteiger partial charge in [0.25, 0.3) is 0 Å². The van der Waals surface area contributed by atoms with Crippen molar-refractivity contribution >= 4 is 21.6 Å². The van der Waals surface area contributed by atoms with Crippen molar-refractivity contribution in [3.63, 3.8) is 0 Å². The summed E-state index contributed by atoms with van der Waals surface area (Å²) in [6.45, 7) is 1.55. The molecule has 0 aliphatic heterocycles. The van der Waals surface area contributed by atoms with Gasteiger partial charge in [-0.15, -0.1) is 0 Å². The van der Waals surface area contributed by atoms with Gasteiger partial charge in [0.05, 0.1) is 32.2 Å². The number of nitrogens with zero attached hydrogens (tertiary/aromatic N) is 1. The van der Waals surface area contributed by atoms with Crippen LogP contribution in [0.5, 0.6) is 11.5 Å². The molecule has 174 valence electrons. The van der Waals surface area contributed by atoms with Gasteiger partial charge in [-0.25, -0.2) is 8.42 Å². The standard InChI is InChI=1S/C25H28N2O5S/c1-18-10-8-9-13-21(18)25(19-11-6-5-7-12-19)26-24(28)17-27(33(4,29)30)22-16-20(31-2)14-15-23(22)32-3/h5-16,25H,17H2,1-4H3,(H,26,28)/t25-/m1/s1. The van der Waals surface area contributed by atoms with Crippen LogP contribution in [0.25, 0.3) is 0 Å². The maximum Gasteiger partial charge on any atom is 0.241 e. The van der Waals surface area contributed by atoms with Crippen molar-refractivity contribution in [1.29, 1.82) is 0 Å². The summed E-state index contributed by atoms with van der Waals surface area (Å²) in [4.78, 5) is 13.2. The molecule has 0 saturated carbocycles. The fourth-order valence-corrected chi connectivity index (χ4v) is 4.46. The van der Waals surface area contributed by atoms with Gasteiger partial charge in [0, 0.05) is 6.07 Å². The summed E-state index contributed by atoms with van der Waals surface area (Å²) in [6.07, 6.45) is 1.05. The molecule has 1 atom stereocenters. The number of aryl methyl sites for hydroxylation is 1. The lowest BCUT2D eigenvalue weighted by atomic mass is 9.95. The Kier molecular flexibility index (Phi) is 7.60. The third-order valence-electron chi connectivity index (χ3n) is 5.28. The second-order valence-corrected chi connectivity index (χ2v) is 9.48. The maximum absolute atomic E-state index is 13.2. The number of methoxy groups -OCH3 is 2. The zero-order valence-corrected chi connectivity index (χ0v) is 19.9. The number of hydrogen-bond acceptors (Lipinski definition) is 5. The number of anilines is 1. The Morgan fingerprint density at radius 3 is 2.24 bits per heavy atom. The summed E-state index contributed by atoms with van der Waals surface area (Å²) < 4.78 is 36.9. The molecule has 0 unspecified atom stereocenters. The number of sulfonamides is 1. The van der Waals surface area contributed by atoms with Crippen LogP contribution in [0, 0.1) is 6.92 Å². The summed E-state index contributed by atoms with van der Waals surface area (Å²) in [5.41, 5.74) is 3.06. The predicted molar refractivity (Wildman–Crippen MR) is 129 cm³/mol. The predicted octanol–water partition coefficient (Wildman–Crippen LogP) is 3.68. The Balaban J connectivity index is 1.96. The Morgan fingerprint density at radius 1 is 0.970 bits per heavy atom. The number of carbonyl (C=O) groups is 1. The topological polar surface area (TPSA) is 84.9 Å². The summed E-state index contributed by atoms with van der Waals surface area (Å²) in [6, 6.07) is 21.7. The molecule has 7 nitrogen and oxygen atoms in total. The molecule has 0 aliphatic carbocycles. The number of carbonyl (C=O) groups excluding carboxylic acids is 1. The molecular formula is C25H28N2O5S. The number of hydrogen-bond donors (Lipinski definition) is 1. The van der Waals surface area contributed by atoms with Crippen molar-refractivity contribution in [2.45, 2.75) is 13.0 Å². The molecular weight excluding hydrogens is 440 g/mol. The zero-order valence-electron chi connectivity index (χ0n) is 19.1. The first-order chi connectivity index (χ1) is 15.7. The van der Waals surface area contributed by atoms with Crippen molar-refractivity contribution in [2.24, 2.45) is 0 Å². The van der Waals surface area contributed by atoms with Crippen molar-refractivity contribution < 1.29 is 22.7 Å². The molecule has 3 aromatic rings. The van der Waals surface area contributed by atoms with Crippen LogP contribution >= 0.6 is 0 Å². The van der Waals surface area contributed by atoms with Gasteiger partial charge >= 0.3 is 0 Å². The van der Waals surface area contributed by atoms with E-state index in [0.29, 0.717) is 11.5 Å². The second-order valence-electron chi connectivity index (χ2n) is 7.58. The largest absolute Gasteiger partial charge is 0.497 e. The van der Waals surface area contributed by atoms with Crippen LogP contribution in [0.2, 0.25) is 0 Å². The van der Waals surface area contributed by atoms with Gasteiger partial charge < -0.3 is 14.8 Å². The molecule has 0 heterocycles. The van der Waals surface area contributed by atoms with Crippen LogP contribution in [0.1, 0.15) is 22.7 Å². The van der Waals surface area contributed by atoms with E-state index in [2.05, 4.69) is 5.32 Å². The van der Waals surface area contributed by atoms with Gasteiger partial charge in [0.15, 0.2) is 0 Å². The molecule has 0 bridgehead atoms. The third kappa shape index (κ3) is 5.84. The Bertz CT molecular complexity index is 1210. The van der Waals surface area contributed by atoms with Crippen molar-refractivity contribution in [1.82, 2.24) is 5.32 Å². The Morgan fingerprint density at radius 2 is 1.64 bits per heavy atom. The van der Waals surface area contributed by atoms with Gasteiger partial charge in [-0.1, -0.05) is 54.6 Å². The van der Waals surface area contributed by atoms with Gasteiger partial charge in [-0.2, -0.15) is 0 Å². The second kappa shape index (κ2) is 10.4. The Labute approximate surface area is 195 Å². The first-order valence-electron chi connectivity index (χ1n) is 10.3. The smallest absolute Gasteiger partial charge is 0.241 e. The highest BCUT2D eigenvalue weighted by Gasteiger charge is 2.26. The molecule has 3 aromatic carbocycles. The highest BCUT2D eigenvalue weighted by molar-refractivity contribution is 7.92. The monoisotopic (exact) mass is 468 g/mol. The molecule has 8 heteroatoms. The van der Waals surface area contributed by atoms with Gasteiger partial charge in [-0.05, 0) is 35.7 Å². The van der Waals surface area contributed by atoms with E-state index >= 15 is 0 Å². The average molecular weight is 469 g/mol. The van der Waals surface area contributed by atoms with Crippen molar-refractivity contribution in [3.8, 4) is 11.5 Å². The normalized spacial score (nSPS) is 12.0. The minimum atomic E-state index is -3.81. The van der Waals surface area contributed by atoms with Crippen LogP contribution in [0.3, 0.4) is 0 Å². The van der Waals surface area contributed by atoms with Crippen LogP contribution in [-0.2, 0) is 14.8 Å².